The van der Waals surface area contributed by atoms with Crippen LogP contribution in [0.2, 0.25) is 5.15 Å². The minimum atomic E-state index is -4.35. The van der Waals surface area contributed by atoms with E-state index < -0.39 is 26.6 Å². The van der Waals surface area contributed by atoms with E-state index in [-0.39, 0.29) is 16.7 Å². The van der Waals surface area contributed by atoms with Gasteiger partial charge in [0.05, 0.1) is 11.0 Å². The standard InChI is InChI=1S/C17H11ClF2N4O2S2/c1-9-2-3-13-10(4-9)17(18)22-24(13)14-5-12(20)15(6-11(14)19)28(25,26)23-16-7-27-8-21-16/h2-8,23H,1H3. The highest BCUT2D eigenvalue weighted by molar-refractivity contribution is 7.92. The average Bonchev–Trinajstić information content (AvgIpc) is 3.24. The third kappa shape index (κ3) is 3.23. The summed E-state index contributed by atoms with van der Waals surface area (Å²) < 4.78 is 57.4. The van der Waals surface area contributed by atoms with Crippen molar-refractivity contribution >= 4 is 49.7 Å². The minimum absolute atomic E-state index is 0.0223. The maximum Gasteiger partial charge on any atom is 0.266 e. The van der Waals surface area contributed by atoms with Gasteiger partial charge in [-0.1, -0.05) is 23.2 Å². The molecule has 4 rings (SSSR count). The molecule has 28 heavy (non-hydrogen) atoms. The lowest BCUT2D eigenvalue weighted by Gasteiger charge is -2.10. The predicted octanol–water partition coefficient (Wildman–Crippen LogP) is 4.52. The van der Waals surface area contributed by atoms with E-state index in [0.29, 0.717) is 17.0 Å². The molecule has 11 heteroatoms. The SMILES string of the molecule is Cc1ccc2c(c1)c(Cl)nn2-c1cc(F)c(S(=O)(=O)Nc2cscn2)cc1F. The summed E-state index contributed by atoms with van der Waals surface area (Å²) in [6, 6.07) is 6.60. The topological polar surface area (TPSA) is 76.9 Å². The lowest BCUT2D eigenvalue weighted by Crippen LogP contribution is -2.16. The van der Waals surface area contributed by atoms with E-state index in [9.17, 15) is 17.2 Å². The molecule has 0 amide bonds. The predicted molar refractivity (Wildman–Crippen MR) is 104 cm³/mol. The van der Waals surface area contributed by atoms with Crippen molar-refractivity contribution in [1.29, 1.82) is 0 Å². The molecule has 0 aliphatic rings. The number of sulfonamides is 1. The van der Waals surface area contributed by atoms with Gasteiger partial charge in [0.25, 0.3) is 10.0 Å². The summed E-state index contributed by atoms with van der Waals surface area (Å²) >= 11 is 7.27. The quantitative estimate of drug-likeness (QED) is 0.506. The molecule has 2 heterocycles. The summed E-state index contributed by atoms with van der Waals surface area (Å²) in [5, 5.41) is 6.19. The fourth-order valence-corrected chi connectivity index (χ4v) is 4.58. The first kappa shape index (κ1) is 18.8. The Morgan fingerprint density at radius 2 is 1.96 bits per heavy atom. The van der Waals surface area contributed by atoms with Crippen molar-refractivity contribution < 1.29 is 17.2 Å². The fourth-order valence-electron chi connectivity index (χ4n) is 2.72. The van der Waals surface area contributed by atoms with Crippen LogP contribution >= 0.6 is 22.9 Å². The van der Waals surface area contributed by atoms with Crippen molar-refractivity contribution in [2.45, 2.75) is 11.8 Å². The lowest BCUT2D eigenvalue weighted by molar-refractivity contribution is 0.550. The number of aryl methyl sites for hydroxylation is 1. The molecule has 2 aromatic carbocycles. The Labute approximate surface area is 167 Å². The summed E-state index contributed by atoms with van der Waals surface area (Å²) in [6.07, 6.45) is 0. The van der Waals surface area contributed by atoms with E-state index in [1.165, 1.54) is 10.9 Å². The molecular formula is C17H11ClF2N4O2S2. The summed E-state index contributed by atoms with van der Waals surface area (Å²) in [5.41, 5.74) is 2.54. The van der Waals surface area contributed by atoms with Crippen LogP contribution in [0.1, 0.15) is 5.56 Å². The van der Waals surface area contributed by atoms with Gasteiger partial charge in [-0.15, -0.1) is 11.3 Å². The highest BCUT2D eigenvalue weighted by Gasteiger charge is 2.24. The smallest absolute Gasteiger partial charge is 0.263 e. The van der Waals surface area contributed by atoms with Crippen LogP contribution in [0.4, 0.5) is 14.6 Å². The van der Waals surface area contributed by atoms with Gasteiger partial charge in [-0.25, -0.2) is 26.9 Å². The molecule has 0 fully saturated rings. The van der Waals surface area contributed by atoms with Crippen LogP contribution in [0.25, 0.3) is 16.6 Å². The summed E-state index contributed by atoms with van der Waals surface area (Å²) in [7, 11) is -4.35. The normalized spacial score (nSPS) is 11.9. The largest absolute Gasteiger partial charge is 0.266 e. The first-order chi connectivity index (χ1) is 13.3. The average molecular weight is 441 g/mol. The van der Waals surface area contributed by atoms with Crippen molar-refractivity contribution in [3.05, 3.63) is 63.6 Å². The Bertz CT molecular complexity index is 1300. The van der Waals surface area contributed by atoms with Crippen molar-refractivity contribution in [2.24, 2.45) is 0 Å². The van der Waals surface area contributed by atoms with Gasteiger partial charge in [-0.05, 0) is 25.1 Å². The molecule has 0 bridgehead atoms. The molecule has 0 spiro atoms. The van der Waals surface area contributed by atoms with Gasteiger partial charge in [0.1, 0.15) is 22.2 Å². The van der Waals surface area contributed by atoms with E-state index in [2.05, 4.69) is 14.8 Å². The number of rotatable bonds is 4. The van der Waals surface area contributed by atoms with Crippen molar-refractivity contribution in [2.75, 3.05) is 4.72 Å². The highest BCUT2D eigenvalue weighted by Crippen LogP contribution is 2.30. The Morgan fingerprint density at radius 3 is 2.68 bits per heavy atom. The van der Waals surface area contributed by atoms with E-state index in [4.69, 9.17) is 11.6 Å². The number of halogens is 3. The van der Waals surface area contributed by atoms with Gasteiger partial charge >= 0.3 is 0 Å². The molecule has 1 N–H and O–H groups in total. The molecule has 2 aromatic heterocycles. The molecule has 0 unspecified atom stereocenters. The Balaban J connectivity index is 1.83. The van der Waals surface area contributed by atoms with Crippen LogP contribution in [0.3, 0.4) is 0 Å². The molecule has 144 valence electrons. The van der Waals surface area contributed by atoms with Crippen LogP contribution in [0, 0.1) is 18.6 Å². The van der Waals surface area contributed by atoms with Crippen LogP contribution in [0.15, 0.2) is 46.1 Å². The van der Waals surface area contributed by atoms with Crippen LogP contribution < -0.4 is 4.72 Å². The molecule has 0 saturated carbocycles. The van der Waals surface area contributed by atoms with Gasteiger partial charge in [0.15, 0.2) is 11.0 Å². The summed E-state index contributed by atoms with van der Waals surface area (Å²) in [5.74, 6) is -2.08. The van der Waals surface area contributed by atoms with E-state index >= 15 is 0 Å². The Morgan fingerprint density at radius 1 is 1.18 bits per heavy atom. The first-order valence-corrected chi connectivity index (χ1v) is 10.6. The zero-order chi connectivity index (χ0) is 20.1. The second-order valence-corrected chi connectivity index (χ2v) is 8.66. The second kappa shape index (κ2) is 6.80. The molecule has 0 saturated heterocycles. The number of hydrogen-bond donors (Lipinski definition) is 1. The number of anilines is 1. The van der Waals surface area contributed by atoms with Crippen LogP contribution in [0.5, 0.6) is 0 Å². The van der Waals surface area contributed by atoms with Gasteiger partial charge in [-0.3, -0.25) is 4.72 Å². The van der Waals surface area contributed by atoms with Crippen LogP contribution in [-0.4, -0.2) is 23.2 Å². The monoisotopic (exact) mass is 440 g/mol. The number of nitrogens with one attached hydrogen (secondary N) is 1. The minimum Gasteiger partial charge on any atom is -0.263 e. The molecule has 0 radical (unpaired) electrons. The van der Waals surface area contributed by atoms with Crippen molar-refractivity contribution in [3.63, 3.8) is 0 Å². The maximum absolute atomic E-state index is 14.8. The van der Waals surface area contributed by atoms with E-state index in [0.717, 1.165) is 27.6 Å². The lowest BCUT2D eigenvalue weighted by atomic mass is 10.2. The van der Waals surface area contributed by atoms with Gasteiger partial charge < -0.3 is 0 Å². The molecule has 0 atom stereocenters. The zero-order valence-electron chi connectivity index (χ0n) is 14.1. The van der Waals surface area contributed by atoms with E-state index in [1.54, 1.807) is 18.2 Å². The van der Waals surface area contributed by atoms with Crippen molar-refractivity contribution in [3.8, 4) is 5.69 Å². The van der Waals surface area contributed by atoms with Gasteiger partial charge in [0, 0.05) is 16.8 Å². The van der Waals surface area contributed by atoms with Gasteiger partial charge in [0.2, 0.25) is 0 Å². The third-order valence-electron chi connectivity index (χ3n) is 3.98. The first-order valence-electron chi connectivity index (χ1n) is 7.81. The van der Waals surface area contributed by atoms with Gasteiger partial charge in [-0.2, -0.15) is 5.10 Å². The fraction of sp³-hybridized carbons (Fsp3) is 0.0588. The number of benzene rings is 2. The second-order valence-electron chi connectivity index (χ2n) is 5.94. The zero-order valence-corrected chi connectivity index (χ0v) is 16.5. The number of hydrogen-bond acceptors (Lipinski definition) is 5. The summed E-state index contributed by atoms with van der Waals surface area (Å²) in [4.78, 5) is 2.94. The number of aromatic nitrogens is 3. The van der Waals surface area contributed by atoms with E-state index in [1.807, 2.05) is 6.92 Å². The number of fused-ring (bicyclic) bond motifs is 1. The molecule has 0 aliphatic heterocycles. The summed E-state index contributed by atoms with van der Waals surface area (Å²) in [6.45, 7) is 1.86. The highest BCUT2D eigenvalue weighted by atomic mass is 35.5. The molecular weight excluding hydrogens is 430 g/mol. The Hall–Kier alpha value is -2.56. The van der Waals surface area contributed by atoms with Crippen molar-refractivity contribution in [1.82, 2.24) is 14.8 Å². The number of thiazole rings is 1. The molecule has 6 nitrogen and oxygen atoms in total. The van der Waals surface area contributed by atoms with Crippen LogP contribution in [-0.2, 0) is 10.0 Å². The maximum atomic E-state index is 14.8. The Kier molecular flexibility index (Phi) is 4.56. The third-order valence-corrected chi connectivity index (χ3v) is 6.22. The molecule has 4 aromatic rings. The number of nitrogens with zero attached hydrogens (tertiary/aromatic N) is 3. The molecule has 0 aliphatic carbocycles.